The molecular weight excluding hydrogens is 280 g/mol. The van der Waals surface area contributed by atoms with Crippen LogP contribution >= 0.6 is 0 Å². The summed E-state index contributed by atoms with van der Waals surface area (Å²) in [6, 6.07) is 5.68. The maximum atomic E-state index is 11.2. The molecule has 1 amide bonds. The number of aromatic nitrogens is 3. The lowest BCUT2D eigenvalue weighted by Crippen LogP contribution is -2.34. The van der Waals surface area contributed by atoms with Gasteiger partial charge in [0.25, 0.3) is 0 Å². The van der Waals surface area contributed by atoms with Crippen molar-refractivity contribution >= 4 is 17.5 Å². The molecule has 7 heteroatoms. The van der Waals surface area contributed by atoms with E-state index in [9.17, 15) is 4.79 Å². The highest BCUT2D eigenvalue weighted by molar-refractivity contribution is 5.76. The van der Waals surface area contributed by atoms with Gasteiger partial charge in [0.05, 0.1) is 12.6 Å². The third-order valence-corrected chi connectivity index (χ3v) is 3.68. The minimum atomic E-state index is -0.324. The Labute approximate surface area is 128 Å². The molecule has 114 valence electrons. The summed E-state index contributed by atoms with van der Waals surface area (Å²) in [4.78, 5) is 26.4. The number of hydrogen-bond donors (Lipinski definition) is 2. The van der Waals surface area contributed by atoms with Gasteiger partial charge in [-0.15, -0.1) is 0 Å². The summed E-state index contributed by atoms with van der Waals surface area (Å²) in [7, 11) is 0. The van der Waals surface area contributed by atoms with Gasteiger partial charge in [0.15, 0.2) is 5.82 Å². The second kappa shape index (κ2) is 6.48. The second-order valence-corrected chi connectivity index (χ2v) is 5.22. The largest absolute Gasteiger partial charge is 0.369 e. The lowest BCUT2D eigenvalue weighted by Gasteiger charge is -2.23. The van der Waals surface area contributed by atoms with Crippen LogP contribution in [0.3, 0.4) is 0 Å². The fraction of sp³-hybridized carbons (Fsp3) is 0.333. The number of nitrogens with one attached hydrogen (secondary N) is 1. The molecule has 22 heavy (non-hydrogen) atoms. The Morgan fingerprint density at radius 3 is 2.91 bits per heavy atom. The topological polar surface area (TPSA) is 97.0 Å². The van der Waals surface area contributed by atoms with E-state index in [2.05, 4.69) is 25.2 Å². The molecule has 1 fully saturated rings. The fourth-order valence-corrected chi connectivity index (χ4v) is 2.77. The number of carbonyl (C=O) groups excluding carboxylic acids is 1. The van der Waals surface area contributed by atoms with Crippen LogP contribution in [0.15, 0.2) is 36.8 Å². The molecule has 0 saturated carbocycles. The monoisotopic (exact) mass is 298 g/mol. The molecular formula is C15H18N6O. The zero-order valence-electron chi connectivity index (χ0n) is 12.1. The van der Waals surface area contributed by atoms with Crippen LogP contribution in [-0.2, 0) is 4.79 Å². The van der Waals surface area contributed by atoms with Crippen molar-refractivity contribution in [2.75, 3.05) is 18.4 Å². The maximum Gasteiger partial charge on any atom is 0.231 e. The Morgan fingerprint density at radius 1 is 1.27 bits per heavy atom. The van der Waals surface area contributed by atoms with E-state index < -0.39 is 0 Å². The SMILES string of the molecule is NC(=O)CN1CCC[C@H]1c1nccnc1Nc1ccccn1. The van der Waals surface area contributed by atoms with Gasteiger partial charge in [0, 0.05) is 18.6 Å². The lowest BCUT2D eigenvalue weighted by atomic mass is 10.1. The van der Waals surface area contributed by atoms with Crippen molar-refractivity contribution in [1.29, 1.82) is 0 Å². The van der Waals surface area contributed by atoms with Crippen LogP contribution in [0.1, 0.15) is 24.6 Å². The van der Waals surface area contributed by atoms with Crippen molar-refractivity contribution in [3.8, 4) is 0 Å². The van der Waals surface area contributed by atoms with Crippen molar-refractivity contribution in [2.24, 2.45) is 5.73 Å². The zero-order chi connectivity index (χ0) is 15.4. The summed E-state index contributed by atoms with van der Waals surface area (Å²) >= 11 is 0. The Kier molecular flexibility index (Phi) is 4.24. The zero-order valence-corrected chi connectivity index (χ0v) is 12.1. The van der Waals surface area contributed by atoms with E-state index in [1.165, 1.54) is 0 Å². The highest BCUT2D eigenvalue weighted by Gasteiger charge is 2.30. The summed E-state index contributed by atoms with van der Waals surface area (Å²) in [5, 5.41) is 3.20. The number of nitrogens with two attached hydrogens (primary N) is 1. The van der Waals surface area contributed by atoms with Crippen molar-refractivity contribution in [3.05, 3.63) is 42.5 Å². The molecule has 3 heterocycles. The van der Waals surface area contributed by atoms with Gasteiger partial charge in [-0.25, -0.2) is 9.97 Å². The fourth-order valence-electron chi connectivity index (χ4n) is 2.77. The summed E-state index contributed by atoms with van der Waals surface area (Å²) in [6.07, 6.45) is 6.97. The highest BCUT2D eigenvalue weighted by atomic mass is 16.1. The molecule has 3 rings (SSSR count). The lowest BCUT2D eigenvalue weighted by molar-refractivity contribution is -0.119. The predicted octanol–water partition coefficient (Wildman–Crippen LogP) is 1.24. The van der Waals surface area contributed by atoms with E-state index in [4.69, 9.17) is 5.73 Å². The van der Waals surface area contributed by atoms with Crippen LogP contribution < -0.4 is 11.1 Å². The van der Waals surface area contributed by atoms with Crippen LogP contribution in [0.5, 0.6) is 0 Å². The van der Waals surface area contributed by atoms with Crippen molar-refractivity contribution in [3.63, 3.8) is 0 Å². The first-order chi connectivity index (χ1) is 10.7. The average Bonchev–Trinajstić information content (AvgIpc) is 2.96. The molecule has 1 saturated heterocycles. The first-order valence-electron chi connectivity index (χ1n) is 7.25. The van der Waals surface area contributed by atoms with Gasteiger partial charge >= 0.3 is 0 Å². The van der Waals surface area contributed by atoms with Crippen LogP contribution in [0.4, 0.5) is 11.6 Å². The Bertz CT molecular complexity index is 647. The van der Waals surface area contributed by atoms with Crippen LogP contribution in [0, 0.1) is 0 Å². The molecule has 1 aliphatic heterocycles. The van der Waals surface area contributed by atoms with Crippen molar-refractivity contribution in [1.82, 2.24) is 19.9 Å². The summed E-state index contributed by atoms with van der Waals surface area (Å²) < 4.78 is 0. The number of pyridine rings is 1. The Morgan fingerprint density at radius 2 is 2.14 bits per heavy atom. The molecule has 0 bridgehead atoms. The summed E-state index contributed by atoms with van der Waals surface area (Å²) in [5.41, 5.74) is 6.16. The number of carbonyl (C=O) groups is 1. The van der Waals surface area contributed by atoms with Crippen molar-refractivity contribution < 1.29 is 4.79 Å². The van der Waals surface area contributed by atoms with Crippen LogP contribution in [-0.4, -0.2) is 38.8 Å². The first kappa shape index (κ1) is 14.4. The summed E-state index contributed by atoms with van der Waals surface area (Å²) in [6.45, 7) is 1.08. The van der Waals surface area contributed by atoms with Gasteiger partial charge in [-0.3, -0.25) is 14.7 Å². The molecule has 2 aromatic heterocycles. The molecule has 0 radical (unpaired) electrons. The van der Waals surface area contributed by atoms with Gasteiger partial charge < -0.3 is 11.1 Å². The number of anilines is 2. The number of hydrogen-bond acceptors (Lipinski definition) is 6. The minimum absolute atomic E-state index is 0.0485. The molecule has 1 aliphatic rings. The molecule has 0 aromatic carbocycles. The Hall–Kier alpha value is -2.54. The Balaban J connectivity index is 1.86. The minimum Gasteiger partial charge on any atom is -0.369 e. The number of nitrogens with zero attached hydrogens (tertiary/aromatic N) is 4. The van der Waals surface area contributed by atoms with Crippen LogP contribution in [0.2, 0.25) is 0 Å². The van der Waals surface area contributed by atoms with E-state index >= 15 is 0 Å². The molecule has 1 atom stereocenters. The molecule has 7 nitrogen and oxygen atoms in total. The summed E-state index contributed by atoms with van der Waals surface area (Å²) in [5.74, 6) is 1.06. The maximum absolute atomic E-state index is 11.2. The smallest absolute Gasteiger partial charge is 0.231 e. The van der Waals surface area contributed by atoms with Crippen LogP contribution in [0.25, 0.3) is 0 Å². The van der Waals surface area contributed by atoms with E-state index in [-0.39, 0.29) is 18.5 Å². The number of primary amides is 1. The second-order valence-electron chi connectivity index (χ2n) is 5.22. The molecule has 3 N–H and O–H groups in total. The predicted molar refractivity (Wildman–Crippen MR) is 82.3 cm³/mol. The average molecular weight is 298 g/mol. The molecule has 0 unspecified atom stereocenters. The number of amides is 1. The van der Waals surface area contributed by atoms with Crippen molar-refractivity contribution in [2.45, 2.75) is 18.9 Å². The quantitative estimate of drug-likeness (QED) is 0.862. The third kappa shape index (κ3) is 3.20. The molecule has 0 aliphatic carbocycles. The third-order valence-electron chi connectivity index (χ3n) is 3.68. The number of rotatable bonds is 5. The standard InChI is InChI=1S/C15H18N6O/c16-12(22)10-21-9-3-4-11(21)14-15(19-8-7-18-14)20-13-5-1-2-6-17-13/h1-2,5-8,11H,3-4,9-10H2,(H2,16,22)(H,17,19,20)/t11-/m0/s1. The molecule has 0 spiro atoms. The van der Waals surface area contributed by atoms with Gasteiger partial charge in [-0.2, -0.15) is 0 Å². The highest BCUT2D eigenvalue weighted by Crippen LogP contribution is 2.33. The van der Waals surface area contributed by atoms with E-state index in [0.717, 1.165) is 25.1 Å². The van der Waals surface area contributed by atoms with Gasteiger partial charge in [0.2, 0.25) is 5.91 Å². The number of likely N-dealkylation sites (tertiary alicyclic amines) is 1. The first-order valence-corrected chi connectivity index (χ1v) is 7.25. The van der Waals surface area contributed by atoms with E-state index in [0.29, 0.717) is 11.6 Å². The molecule has 2 aromatic rings. The van der Waals surface area contributed by atoms with E-state index in [1.807, 2.05) is 18.2 Å². The van der Waals surface area contributed by atoms with Gasteiger partial charge in [-0.1, -0.05) is 6.07 Å². The van der Waals surface area contributed by atoms with Gasteiger partial charge in [0.1, 0.15) is 11.5 Å². The van der Waals surface area contributed by atoms with Gasteiger partial charge in [-0.05, 0) is 31.5 Å². The van der Waals surface area contributed by atoms with E-state index in [1.54, 1.807) is 18.6 Å². The normalized spacial score (nSPS) is 18.3.